The molecule has 1 unspecified atom stereocenters. The van der Waals surface area contributed by atoms with Crippen molar-refractivity contribution in [2.24, 2.45) is 0 Å². The van der Waals surface area contributed by atoms with Crippen molar-refractivity contribution in [3.05, 3.63) is 143 Å². The zero-order valence-electron chi connectivity index (χ0n) is 27.2. The van der Waals surface area contributed by atoms with Crippen molar-refractivity contribution in [3.8, 4) is 33.4 Å². The first kappa shape index (κ1) is 31.0. The van der Waals surface area contributed by atoms with Crippen molar-refractivity contribution in [3.63, 3.8) is 0 Å². The van der Waals surface area contributed by atoms with Crippen LogP contribution in [0.4, 0.5) is 0 Å². The topological polar surface area (TPSA) is 0 Å². The molecule has 0 spiro atoms. The van der Waals surface area contributed by atoms with Crippen LogP contribution in [0.25, 0.3) is 33.4 Å². The van der Waals surface area contributed by atoms with Crippen molar-refractivity contribution in [1.82, 2.24) is 0 Å². The molecule has 3 aliphatic carbocycles. The maximum absolute atomic E-state index is 2.47. The number of rotatable bonds is 0. The Labute approximate surface area is 255 Å². The van der Waals surface area contributed by atoms with Gasteiger partial charge in [0.05, 0.1) is 0 Å². The molecule has 0 saturated heterocycles. The number of hydrogen-bond donors (Lipinski definition) is 0. The van der Waals surface area contributed by atoms with Gasteiger partial charge in [-0.15, -0.1) is 0 Å². The smallest absolute Gasteiger partial charge is 0.0159 e. The summed E-state index contributed by atoms with van der Waals surface area (Å²) < 4.78 is 0. The maximum Gasteiger partial charge on any atom is 0.0159 e. The largest absolute Gasteiger partial charge is 0.0683 e. The van der Waals surface area contributed by atoms with Crippen LogP contribution in [0, 0.1) is 0 Å². The Morgan fingerprint density at radius 2 is 0.929 bits per heavy atom. The summed E-state index contributed by atoms with van der Waals surface area (Å²) in [5.41, 5.74) is 17.4. The van der Waals surface area contributed by atoms with Crippen LogP contribution in [-0.4, -0.2) is 0 Å². The molecule has 5 aromatic carbocycles. The van der Waals surface area contributed by atoms with Gasteiger partial charge >= 0.3 is 0 Å². The lowest BCUT2D eigenvalue weighted by Gasteiger charge is -2.22. The molecule has 0 heterocycles. The lowest BCUT2D eigenvalue weighted by molar-refractivity contribution is 0.660. The minimum atomic E-state index is 0.0850. The van der Waals surface area contributed by atoms with E-state index in [1.165, 1.54) is 66.8 Å². The van der Waals surface area contributed by atoms with Crippen molar-refractivity contribution >= 4 is 0 Å². The van der Waals surface area contributed by atoms with Crippen LogP contribution in [0.2, 0.25) is 0 Å². The van der Waals surface area contributed by atoms with Gasteiger partial charge in [-0.25, -0.2) is 0 Å². The van der Waals surface area contributed by atoms with Gasteiger partial charge in [0.2, 0.25) is 0 Å². The second-order valence-corrected chi connectivity index (χ2v) is 11.0. The minimum absolute atomic E-state index is 0.0850. The van der Waals surface area contributed by atoms with Gasteiger partial charge < -0.3 is 0 Å². The first-order chi connectivity index (χ1) is 20.5. The van der Waals surface area contributed by atoms with Crippen molar-refractivity contribution < 1.29 is 0 Å². The van der Waals surface area contributed by atoms with Crippen LogP contribution >= 0.6 is 0 Å². The molecule has 216 valence electrons. The van der Waals surface area contributed by atoms with Crippen LogP contribution in [0.15, 0.2) is 109 Å². The Morgan fingerprint density at radius 1 is 0.452 bits per heavy atom. The second-order valence-electron chi connectivity index (χ2n) is 11.0. The van der Waals surface area contributed by atoms with Crippen LogP contribution in [0.3, 0.4) is 0 Å². The third-order valence-corrected chi connectivity index (χ3v) is 8.64. The first-order valence-electron chi connectivity index (χ1n) is 16.1. The van der Waals surface area contributed by atoms with Gasteiger partial charge in [-0.1, -0.05) is 159 Å². The van der Waals surface area contributed by atoms with E-state index >= 15 is 0 Å². The van der Waals surface area contributed by atoms with Crippen LogP contribution in [0.1, 0.15) is 102 Å². The Balaban J connectivity index is 0.000000181. The van der Waals surface area contributed by atoms with Gasteiger partial charge in [0.25, 0.3) is 0 Å². The van der Waals surface area contributed by atoms with Crippen LogP contribution in [-0.2, 0) is 11.8 Å². The Kier molecular flexibility index (Phi) is 9.89. The third-order valence-electron chi connectivity index (χ3n) is 8.64. The fraction of sp³-hybridized carbons (Fsp3) is 0.286. The normalized spacial score (nSPS) is 14.6. The van der Waals surface area contributed by atoms with Crippen molar-refractivity contribution in [2.45, 2.75) is 80.1 Å². The molecule has 0 N–H and O–H groups in total. The summed E-state index contributed by atoms with van der Waals surface area (Å²) in [6, 6.07) is 40.0. The van der Waals surface area contributed by atoms with Gasteiger partial charge in [0.15, 0.2) is 0 Å². The zero-order valence-corrected chi connectivity index (χ0v) is 27.2. The summed E-state index contributed by atoms with van der Waals surface area (Å²) in [5, 5.41) is 0. The summed E-state index contributed by atoms with van der Waals surface area (Å²) in [6.07, 6.45) is 1.10. The molecule has 0 fully saturated rings. The SMILES string of the molecule is CC.CC.CC.CC1c2ccccc2-c2cc3c(cc21)-c1ccccc1C3(C)C.c1ccc2c(c1)Cc1ccccc1-2. The minimum Gasteiger partial charge on any atom is -0.0683 e. The molecule has 8 rings (SSSR count). The predicted molar refractivity (Wildman–Crippen MR) is 186 cm³/mol. The van der Waals surface area contributed by atoms with Crippen molar-refractivity contribution in [2.75, 3.05) is 0 Å². The van der Waals surface area contributed by atoms with Gasteiger partial charge in [0, 0.05) is 11.3 Å². The summed E-state index contributed by atoms with van der Waals surface area (Å²) in [7, 11) is 0. The Bertz CT molecular complexity index is 1610. The summed E-state index contributed by atoms with van der Waals surface area (Å²) in [4.78, 5) is 0. The molecule has 0 aliphatic heterocycles. The summed E-state index contributed by atoms with van der Waals surface area (Å²) >= 11 is 0. The first-order valence-corrected chi connectivity index (χ1v) is 16.1. The molecule has 3 aliphatic rings. The fourth-order valence-corrected chi connectivity index (χ4v) is 6.72. The zero-order chi connectivity index (χ0) is 30.4. The van der Waals surface area contributed by atoms with E-state index in [4.69, 9.17) is 0 Å². The fourth-order valence-electron chi connectivity index (χ4n) is 6.72. The van der Waals surface area contributed by atoms with E-state index in [2.05, 4.69) is 130 Å². The predicted octanol–water partition coefficient (Wildman–Crippen LogP) is 12.5. The van der Waals surface area contributed by atoms with E-state index in [0.29, 0.717) is 5.92 Å². The molecule has 5 aromatic rings. The standard InChI is InChI=1S/C23H20.C13H10.3C2H6/c1-14-15-8-4-5-9-16(15)19-13-22-20(12-18(14)19)17-10-6-7-11-21(17)23(22,2)3;1-3-7-12-10(5-1)9-11-6-2-4-8-13(11)12;3*1-2/h4-14H,1-3H3;1-8H,9H2;3*1-2H3. The monoisotopic (exact) mass is 552 g/mol. The van der Waals surface area contributed by atoms with Gasteiger partial charge in [0.1, 0.15) is 0 Å². The van der Waals surface area contributed by atoms with Gasteiger partial charge in [-0.2, -0.15) is 0 Å². The summed E-state index contributed by atoms with van der Waals surface area (Å²) in [6.45, 7) is 19.0. The lowest BCUT2D eigenvalue weighted by atomic mass is 9.81. The molecule has 1 atom stereocenters. The van der Waals surface area contributed by atoms with E-state index in [1.54, 1.807) is 0 Å². The number of fused-ring (bicyclic) bond motifs is 9. The molecular formula is C42H48. The number of benzene rings is 5. The van der Waals surface area contributed by atoms with Crippen LogP contribution in [0.5, 0.6) is 0 Å². The molecule has 0 amide bonds. The average molecular weight is 553 g/mol. The molecule has 0 heteroatoms. The highest BCUT2D eigenvalue weighted by atomic mass is 14.4. The molecular weight excluding hydrogens is 504 g/mol. The quantitative estimate of drug-likeness (QED) is 0.176. The highest BCUT2D eigenvalue weighted by Crippen LogP contribution is 2.54. The molecule has 0 nitrogen and oxygen atoms in total. The highest BCUT2D eigenvalue weighted by molar-refractivity contribution is 5.88. The second kappa shape index (κ2) is 13.4. The van der Waals surface area contributed by atoms with Crippen molar-refractivity contribution in [1.29, 1.82) is 0 Å². The van der Waals surface area contributed by atoms with Gasteiger partial charge in [-0.3, -0.25) is 0 Å². The molecule has 0 bridgehead atoms. The van der Waals surface area contributed by atoms with Crippen LogP contribution < -0.4 is 0 Å². The molecule has 0 saturated carbocycles. The van der Waals surface area contributed by atoms with E-state index in [0.717, 1.165) is 6.42 Å². The van der Waals surface area contributed by atoms with E-state index in [9.17, 15) is 0 Å². The lowest BCUT2D eigenvalue weighted by Crippen LogP contribution is -2.15. The summed E-state index contributed by atoms with van der Waals surface area (Å²) in [5.74, 6) is 0.488. The van der Waals surface area contributed by atoms with E-state index in [-0.39, 0.29) is 5.41 Å². The third kappa shape index (κ3) is 5.24. The molecule has 0 radical (unpaired) electrons. The maximum atomic E-state index is 2.47. The van der Waals surface area contributed by atoms with E-state index in [1.807, 2.05) is 41.5 Å². The van der Waals surface area contributed by atoms with Gasteiger partial charge in [-0.05, 0) is 85.3 Å². The highest BCUT2D eigenvalue weighted by Gasteiger charge is 2.37. The molecule has 42 heavy (non-hydrogen) atoms. The molecule has 0 aromatic heterocycles. The van der Waals surface area contributed by atoms with E-state index < -0.39 is 0 Å². The Morgan fingerprint density at radius 3 is 1.52 bits per heavy atom. The number of hydrogen-bond acceptors (Lipinski definition) is 0. The average Bonchev–Trinajstić information content (AvgIpc) is 3.66. The Hall–Kier alpha value is -3.90.